The molecule has 1 heterocycles. The molecule has 0 aliphatic heterocycles. The number of fused-ring (bicyclic) bond motifs is 1. The normalized spacial score (nSPS) is 12.8. The van der Waals surface area contributed by atoms with Crippen molar-refractivity contribution in [3.05, 3.63) is 62.0 Å². The molecule has 0 fully saturated rings. The third kappa shape index (κ3) is 4.45. The van der Waals surface area contributed by atoms with Crippen LogP contribution in [-0.4, -0.2) is 23.4 Å². The van der Waals surface area contributed by atoms with E-state index in [9.17, 15) is 19.7 Å². The van der Waals surface area contributed by atoms with Gasteiger partial charge in [0.25, 0.3) is 5.69 Å². The van der Waals surface area contributed by atoms with Gasteiger partial charge in [-0.2, -0.15) is 0 Å². The summed E-state index contributed by atoms with van der Waals surface area (Å²) in [6, 6.07) is 5.89. The summed E-state index contributed by atoms with van der Waals surface area (Å²) in [5.74, 6) is -0.765. The van der Waals surface area contributed by atoms with E-state index in [-0.39, 0.29) is 11.6 Å². The molecule has 1 aromatic heterocycles. The number of ether oxygens (including phenoxy) is 1. The van der Waals surface area contributed by atoms with Crippen LogP contribution in [0.5, 0.6) is 0 Å². The zero-order chi connectivity index (χ0) is 20.1. The molecule has 1 N–H and O–H groups in total. The van der Waals surface area contributed by atoms with Crippen molar-refractivity contribution < 1.29 is 19.2 Å². The van der Waals surface area contributed by atoms with Gasteiger partial charge in [0, 0.05) is 23.1 Å². The average Bonchev–Trinajstić information content (AvgIpc) is 3.25. The Morgan fingerprint density at radius 3 is 2.71 bits per heavy atom. The number of nitro benzene ring substituents is 1. The first-order valence-corrected chi connectivity index (χ1v) is 9.86. The van der Waals surface area contributed by atoms with Crippen LogP contribution in [0.1, 0.15) is 46.1 Å². The van der Waals surface area contributed by atoms with Crippen LogP contribution in [0.15, 0.2) is 30.3 Å². The van der Waals surface area contributed by atoms with Gasteiger partial charge in [0.1, 0.15) is 5.00 Å². The van der Waals surface area contributed by atoms with Crippen LogP contribution >= 0.6 is 11.3 Å². The van der Waals surface area contributed by atoms with Gasteiger partial charge in [0.15, 0.2) is 0 Å². The van der Waals surface area contributed by atoms with E-state index < -0.39 is 10.9 Å². The lowest BCUT2D eigenvalue weighted by molar-refractivity contribution is -0.384. The summed E-state index contributed by atoms with van der Waals surface area (Å²) >= 11 is 1.42. The van der Waals surface area contributed by atoms with E-state index in [2.05, 4.69) is 5.32 Å². The second-order valence-electron chi connectivity index (χ2n) is 6.37. The number of rotatable bonds is 7. The molecule has 3 rings (SSSR count). The maximum absolute atomic E-state index is 12.5. The van der Waals surface area contributed by atoms with Crippen LogP contribution < -0.4 is 5.32 Å². The summed E-state index contributed by atoms with van der Waals surface area (Å²) in [5.41, 5.74) is 2.12. The zero-order valence-corrected chi connectivity index (χ0v) is 16.2. The minimum Gasteiger partial charge on any atom is -0.462 e. The van der Waals surface area contributed by atoms with Gasteiger partial charge >= 0.3 is 5.97 Å². The molecule has 7 nitrogen and oxygen atoms in total. The van der Waals surface area contributed by atoms with Crippen LogP contribution in [0.3, 0.4) is 0 Å². The molecule has 0 saturated heterocycles. The van der Waals surface area contributed by atoms with Gasteiger partial charge in [-0.05, 0) is 55.0 Å². The van der Waals surface area contributed by atoms with Crippen molar-refractivity contribution in [1.29, 1.82) is 0 Å². The molecular weight excluding hydrogens is 380 g/mol. The highest BCUT2D eigenvalue weighted by molar-refractivity contribution is 7.17. The number of amides is 1. The van der Waals surface area contributed by atoms with Crippen LogP contribution in [0.2, 0.25) is 0 Å². The number of anilines is 1. The first-order chi connectivity index (χ1) is 13.5. The number of hydrogen-bond acceptors (Lipinski definition) is 6. The van der Waals surface area contributed by atoms with E-state index in [1.807, 2.05) is 6.92 Å². The smallest absolute Gasteiger partial charge is 0.341 e. The number of benzene rings is 1. The van der Waals surface area contributed by atoms with Crippen molar-refractivity contribution in [2.75, 3.05) is 11.9 Å². The van der Waals surface area contributed by atoms with Crippen LogP contribution in [0, 0.1) is 10.1 Å². The number of aryl methyl sites for hydroxylation is 1. The molecule has 1 amide bonds. The minimum absolute atomic E-state index is 0.00932. The summed E-state index contributed by atoms with van der Waals surface area (Å²) in [4.78, 5) is 36.1. The highest BCUT2D eigenvalue weighted by Crippen LogP contribution is 2.39. The number of hydrogen-bond donors (Lipinski definition) is 1. The number of non-ortho nitro benzene ring substituents is 1. The second kappa shape index (κ2) is 8.79. The number of thiophene rings is 1. The maximum atomic E-state index is 12.5. The summed E-state index contributed by atoms with van der Waals surface area (Å²) < 4.78 is 5.29. The summed E-state index contributed by atoms with van der Waals surface area (Å²) in [6.07, 6.45) is 6.36. The van der Waals surface area contributed by atoms with Crippen molar-refractivity contribution in [1.82, 2.24) is 0 Å². The lowest BCUT2D eigenvalue weighted by Crippen LogP contribution is -2.13. The quantitative estimate of drug-likeness (QED) is 0.322. The van der Waals surface area contributed by atoms with Crippen LogP contribution in [-0.2, 0) is 22.4 Å². The van der Waals surface area contributed by atoms with E-state index in [1.165, 1.54) is 29.5 Å². The highest BCUT2D eigenvalue weighted by atomic mass is 32.1. The summed E-state index contributed by atoms with van der Waals surface area (Å²) in [6.45, 7) is 2.27. The molecule has 28 heavy (non-hydrogen) atoms. The minimum atomic E-state index is -0.477. The van der Waals surface area contributed by atoms with Gasteiger partial charge in [-0.3, -0.25) is 14.9 Å². The van der Waals surface area contributed by atoms with E-state index in [1.54, 1.807) is 18.2 Å². The SMILES string of the molecule is CCCOC(=O)c1c(NC(=O)/C=C/c2ccc([N+](=O)[O-])cc2)sc2c1CCC2. The Morgan fingerprint density at radius 2 is 2.04 bits per heavy atom. The average molecular weight is 400 g/mol. The molecule has 2 aromatic rings. The summed E-state index contributed by atoms with van der Waals surface area (Å²) in [5, 5.41) is 14.0. The van der Waals surface area contributed by atoms with Crippen molar-refractivity contribution in [3.63, 3.8) is 0 Å². The molecule has 0 atom stereocenters. The Balaban J connectivity index is 1.73. The van der Waals surface area contributed by atoms with Crippen molar-refractivity contribution in [2.45, 2.75) is 32.6 Å². The number of esters is 1. The van der Waals surface area contributed by atoms with E-state index in [4.69, 9.17) is 4.74 Å². The largest absolute Gasteiger partial charge is 0.462 e. The van der Waals surface area contributed by atoms with Gasteiger partial charge in [0.2, 0.25) is 5.91 Å². The number of carbonyl (C=O) groups excluding carboxylic acids is 2. The number of nitrogens with zero attached hydrogens (tertiary/aromatic N) is 1. The molecule has 0 spiro atoms. The maximum Gasteiger partial charge on any atom is 0.341 e. The lowest BCUT2D eigenvalue weighted by atomic mass is 10.1. The molecule has 0 bridgehead atoms. The first-order valence-electron chi connectivity index (χ1n) is 9.04. The molecule has 146 valence electrons. The molecule has 1 aliphatic carbocycles. The Labute approximate surface area is 166 Å². The van der Waals surface area contributed by atoms with Gasteiger partial charge in [-0.25, -0.2) is 4.79 Å². The fourth-order valence-corrected chi connectivity index (χ4v) is 4.29. The number of carbonyl (C=O) groups is 2. The predicted octanol–water partition coefficient (Wildman–Crippen LogP) is 4.36. The van der Waals surface area contributed by atoms with E-state index in [0.717, 1.165) is 36.1 Å². The van der Waals surface area contributed by atoms with Crippen molar-refractivity contribution in [3.8, 4) is 0 Å². The van der Waals surface area contributed by atoms with E-state index in [0.29, 0.717) is 22.7 Å². The fraction of sp³-hybridized carbons (Fsp3) is 0.300. The third-order valence-electron chi connectivity index (χ3n) is 4.33. The predicted molar refractivity (Wildman–Crippen MR) is 108 cm³/mol. The highest BCUT2D eigenvalue weighted by Gasteiger charge is 2.28. The standard InChI is InChI=1S/C20H20N2O5S/c1-2-12-27-20(24)18-15-4-3-5-16(15)28-19(18)21-17(23)11-8-13-6-9-14(10-7-13)22(25)26/h6-11H,2-5,12H2,1H3,(H,21,23)/b11-8+. The van der Waals surface area contributed by atoms with Crippen molar-refractivity contribution >= 4 is 40.0 Å². The number of nitro groups is 1. The molecule has 1 aromatic carbocycles. The van der Waals surface area contributed by atoms with Gasteiger partial charge in [-0.1, -0.05) is 6.92 Å². The Morgan fingerprint density at radius 1 is 1.29 bits per heavy atom. The van der Waals surface area contributed by atoms with Crippen LogP contribution in [0.25, 0.3) is 6.08 Å². The molecule has 0 unspecified atom stereocenters. The number of nitrogens with one attached hydrogen (secondary N) is 1. The second-order valence-corrected chi connectivity index (χ2v) is 7.47. The molecular formula is C20H20N2O5S. The molecule has 0 radical (unpaired) electrons. The third-order valence-corrected chi connectivity index (χ3v) is 5.54. The van der Waals surface area contributed by atoms with E-state index >= 15 is 0 Å². The topological polar surface area (TPSA) is 98.5 Å². The Hall–Kier alpha value is -3.00. The Bertz CT molecular complexity index is 931. The van der Waals surface area contributed by atoms with Crippen LogP contribution in [0.4, 0.5) is 10.7 Å². The zero-order valence-electron chi connectivity index (χ0n) is 15.4. The lowest BCUT2D eigenvalue weighted by Gasteiger charge is -2.07. The van der Waals surface area contributed by atoms with Crippen molar-refractivity contribution in [2.24, 2.45) is 0 Å². The van der Waals surface area contributed by atoms with Gasteiger partial charge < -0.3 is 10.1 Å². The first kappa shape index (κ1) is 19.8. The fourth-order valence-electron chi connectivity index (χ4n) is 3.01. The molecule has 1 aliphatic rings. The van der Waals surface area contributed by atoms with Gasteiger partial charge in [0.05, 0.1) is 17.1 Å². The Kier molecular flexibility index (Phi) is 6.20. The monoisotopic (exact) mass is 400 g/mol. The molecule has 8 heteroatoms. The molecule has 0 saturated carbocycles. The van der Waals surface area contributed by atoms with Gasteiger partial charge in [-0.15, -0.1) is 11.3 Å². The summed E-state index contributed by atoms with van der Waals surface area (Å²) in [7, 11) is 0.